The maximum Gasteiger partial charge on any atom is 0.234 e. The van der Waals surface area contributed by atoms with Crippen molar-refractivity contribution in [3.8, 4) is 0 Å². The van der Waals surface area contributed by atoms with Crippen molar-refractivity contribution in [2.24, 2.45) is 0 Å². The lowest BCUT2D eigenvalue weighted by Crippen LogP contribution is -2.39. The van der Waals surface area contributed by atoms with Crippen LogP contribution in [0.2, 0.25) is 0 Å². The SMILES string of the molecule is O=C1CCC(c2cccc(NCc3ccc(CN4CCCCC4)c(F)c3)c2)C(=O)N1. The molecule has 6 heteroatoms. The molecule has 2 fully saturated rings. The van der Waals surface area contributed by atoms with E-state index in [1.54, 1.807) is 6.07 Å². The molecule has 5 nitrogen and oxygen atoms in total. The van der Waals surface area contributed by atoms with Gasteiger partial charge in [0, 0.05) is 30.8 Å². The molecule has 1 atom stereocenters. The molecule has 0 aromatic heterocycles. The van der Waals surface area contributed by atoms with E-state index in [1.165, 1.54) is 19.3 Å². The van der Waals surface area contributed by atoms with Gasteiger partial charge in [-0.3, -0.25) is 19.8 Å². The number of amides is 2. The van der Waals surface area contributed by atoms with Gasteiger partial charge < -0.3 is 5.32 Å². The van der Waals surface area contributed by atoms with Gasteiger partial charge in [-0.1, -0.05) is 30.7 Å². The zero-order chi connectivity index (χ0) is 20.9. The maximum atomic E-state index is 14.6. The van der Waals surface area contributed by atoms with Crippen LogP contribution in [0.5, 0.6) is 0 Å². The van der Waals surface area contributed by atoms with E-state index in [2.05, 4.69) is 15.5 Å². The van der Waals surface area contributed by atoms with Crippen LogP contribution in [0.3, 0.4) is 0 Å². The van der Waals surface area contributed by atoms with Gasteiger partial charge in [0.05, 0.1) is 5.92 Å². The number of hydrogen-bond donors (Lipinski definition) is 2. The van der Waals surface area contributed by atoms with Crippen molar-refractivity contribution in [1.82, 2.24) is 10.2 Å². The molecule has 0 aliphatic carbocycles. The molecule has 2 aliphatic heterocycles. The Kier molecular flexibility index (Phi) is 6.43. The highest BCUT2D eigenvalue weighted by Gasteiger charge is 2.27. The second-order valence-electron chi connectivity index (χ2n) is 8.25. The van der Waals surface area contributed by atoms with E-state index < -0.39 is 0 Å². The summed E-state index contributed by atoms with van der Waals surface area (Å²) >= 11 is 0. The molecule has 158 valence electrons. The fourth-order valence-electron chi connectivity index (χ4n) is 4.27. The van der Waals surface area contributed by atoms with E-state index in [1.807, 2.05) is 36.4 Å². The molecule has 2 heterocycles. The highest BCUT2D eigenvalue weighted by molar-refractivity contribution is 6.01. The number of benzene rings is 2. The van der Waals surface area contributed by atoms with Crippen LogP contribution >= 0.6 is 0 Å². The number of rotatable bonds is 6. The van der Waals surface area contributed by atoms with Gasteiger partial charge in [-0.15, -0.1) is 0 Å². The van der Waals surface area contributed by atoms with Gasteiger partial charge in [0.1, 0.15) is 5.82 Å². The van der Waals surface area contributed by atoms with Crippen LogP contribution in [0.25, 0.3) is 0 Å². The molecule has 4 rings (SSSR count). The molecule has 30 heavy (non-hydrogen) atoms. The number of nitrogens with one attached hydrogen (secondary N) is 2. The largest absolute Gasteiger partial charge is 0.381 e. The molecular formula is C24H28FN3O2. The van der Waals surface area contributed by atoms with Crippen molar-refractivity contribution in [2.75, 3.05) is 18.4 Å². The fraction of sp³-hybridized carbons (Fsp3) is 0.417. The number of likely N-dealkylation sites (tertiary alicyclic amines) is 1. The van der Waals surface area contributed by atoms with Gasteiger partial charge >= 0.3 is 0 Å². The molecule has 2 amide bonds. The third-order valence-corrected chi connectivity index (χ3v) is 5.98. The van der Waals surface area contributed by atoms with Crippen molar-refractivity contribution in [1.29, 1.82) is 0 Å². The highest BCUT2D eigenvalue weighted by atomic mass is 19.1. The van der Waals surface area contributed by atoms with E-state index in [4.69, 9.17) is 0 Å². The summed E-state index contributed by atoms with van der Waals surface area (Å²) in [5.74, 6) is -0.917. The number of hydrogen-bond acceptors (Lipinski definition) is 4. The van der Waals surface area contributed by atoms with E-state index in [-0.39, 0.29) is 23.5 Å². The lowest BCUT2D eigenvalue weighted by molar-refractivity contribution is -0.134. The van der Waals surface area contributed by atoms with Crippen molar-refractivity contribution < 1.29 is 14.0 Å². The minimum absolute atomic E-state index is 0.155. The Balaban J connectivity index is 1.37. The Morgan fingerprint density at radius 1 is 1.07 bits per heavy atom. The molecule has 2 saturated heterocycles. The summed E-state index contributed by atoms with van der Waals surface area (Å²) in [5, 5.41) is 5.72. The third kappa shape index (κ3) is 5.05. The average molecular weight is 410 g/mol. The lowest BCUT2D eigenvalue weighted by atomic mass is 9.90. The Bertz CT molecular complexity index is 924. The summed E-state index contributed by atoms with van der Waals surface area (Å²) < 4.78 is 14.6. The van der Waals surface area contributed by atoms with Gasteiger partial charge in [-0.05, 0) is 61.7 Å². The van der Waals surface area contributed by atoms with E-state index in [9.17, 15) is 14.0 Å². The van der Waals surface area contributed by atoms with Gasteiger partial charge in [-0.25, -0.2) is 4.39 Å². The Morgan fingerprint density at radius 3 is 2.67 bits per heavy atom. The van der Waals surface area contributed by atoms with Gasteiger partial charge in [0.2, 0.25) is 11.8 Å². The number of carbonyl (C=O) groups excluding carboxylic acids is 2. The summed E-state index contributed by atoms with van der Waals surface area (Å²) in [4.78, 5) is 25.8. The number of imide groups is 1. The second kappa shape index (κ2) is 9.39. The van der Waals surface area contributed by atoms with Crippen LogP contribution in [0.4, 0.5) is 10.1 Å². The predicted octanol–water partition coefficient (Wildman–Crippen LogP) is 3.94. The molecule has 0 spiro atoms. The molecule has 2 aliphatic rings. The van der Waals surface area contributed by atoms with Crippen LogP contribution in [0.15, 0.2) is 42.5 Å². The van der Waals surface area contributed by atoms with Crippen molar-refractivity contribution in [2.45, 2.75) is 51.1 Å². The normalized spacial score (nSPS) is 20.1. The molecule has 0 saturated carbocycles. The molecule has 2 N–H and O–H groups in total. The van der Waals surface area contributed by atoms with Crippen LogP contribution in [0, 0.1) is 5.82 Å². The van der Waals surface area contributed by atoms with Crippen LogP contribution in [-0.4, -0.2) is 29.8 Å². The molecule has 2 aromatic carbocycles. The Labute approximate surface area is 176 Å². The van der Waals surface area contributed by atoms with E-state index >= 15 is 0 Å². The number of nitrogens with zero attached hydrogens (tertiary/aromatic N) is 1. The molecule has 1 unspecified atom stereocenters. The first-order chi connectivity index (χ1) is 14.6. The monoisotopic (exact) mass is 409 g/mol. The first-order valence-corrected chi connectivity index (χ1v) is 10.8. The van der Waals surface area contributed by atoms with E-state index in [0.29, 0.717) is 25.9 Å². The van der Waals surface area contributed by atoms with Gasteiger partial charge in [0.25, 0.3) is 0 Å². The Morgan fingerprint density at radius 2 is 1.90 bits per heavy atom. The molecular weight excluding hydrogens is 381 g/mol. The van der Waals surface area contributed by atoms with Crippen LogP contribution in [0.1, 0.15) is 54.7 Å². The maximum absolute atomic E-state index is 14.6. The zero-order valence-electron chi connectivity index (χ0n) is 17.1. The minimum Gasteiger partial charge on any atom is -0.381 e. The average Bonchev–Trinajstić information content (AvgIpc) is 2.75. The topological polar surface area (TPSA) is 61.4 Å². The molecule has 2 aromatic rings. The first kappa shape index (κ1) is 20.5. The third-order valence-electron chi connectivity index (χ3n) is 5.98. The predicted molar refractivity (Wildman–Crippen MR) is 114 cm³/mol. The van der Waals surface area contributed by atoms with Crippen molar-refractivity contribution >= 4 is 17.5 Å². The summed E-state index contributed by atoms with van der Waals surface area (Å²) in [6, 6.07) is 13.1. The first-order valence-electron chi connectivity index (χ1n) is 10.8. The van der Waals surface area contributed by atoms with Crippen molar-refractivity contribution in [3.63, 3.8) is 0 Å². The Hall–Kier alpha value is -2.73. The summed E-state index contributed by atoms with van der Waals surface area (Å²) in [5.41, 5.74) is 3.38. The van der Waals surface area contributed by atoms with E-state index in [0.717, 1.165) is 35.5 Å². The fourth-order valence-corrected chi connectivity index (χ4v) is 4.27. The van der Waals surface area contributed by atoms with Gasteiger partial charge in [0.15, 0.2) is 0 Å². The smallest absolute Gasteiger partial charge is 0.234 e. The summed E-state index contributed by atoms with van der Waals surface area (Å²) in [7, 11) is 0. The number of piperidine rings is 2. The molecule has 0 radical (unpaired) electrons. The van der Waals surface area contributed by atoms with Crippen molar-refractivity contribution in [3.05, 3.63) is 65.0 Å². The quantitative estimate of drug-likeness (QED) is 0.710. The lowest BCUT2D eigenvalue weighted by Gasteiger charge is -2.26. The number of carbonyl (C=O) groups is 2. The minimum atomic E-state index is -0.309. The summed E-state index contributed by atoms with van der Waals surface area (Å²) in [6.45, 7) is 3.27. The van der Waals surface area contributed by atoms with Crippen LogP contribution in [-0.2, 0) is 22.7 Å². The number of halogens is 1. The highest BCUT2D eigenvalue weighted by Crippen LogP contribution is 2.27. The van der Waals surface area contributed by atoms with Crippen LogP contribution < -0.4 is 10.6 Å². The summed E-state index contributed by atoms with van der Waals surface area (Å²) in [6.07, 6.45) is 4.55. The second-order valence-corrected chi connectivity index (χ2v) is 8.25. The zero-order valence-corrected chi connectivity index (χ0v) is 17.1. The standard InChI is InChI=1S/C24H28FN3O2/c25-22-13-17(7-8-19(22)16-28-11-2-1-3-12-28)15-26-20-6-4-5-18(14-20)21-9-10-23(29)27-24(21)30/h4-8,13-14,21,26H,1-3,9-12,15-16H2,(H,27,29,30). The van der Waals surface area contributed by atoms with Gasteiger partial charge in [-0.2, -0.15) is 0 Å². The number of anilines is 1. The molecule has 0 bridgehead atoms.